The van der Waals surface area contributed by atoms with Crippen LogP contribution in [0, 0.1) is 0 Å². The van der Waals surface area contributed by atoms with Crippen molar-refractivity contribution >= 4 is 29.1 Å². The monoisotopic (exact) mass is 429 g/mol. The fraction of sp³-hybridized carbons (Fsp3) is 0.120. The largest absolute Gasteiger partial charge is 0.496 e. The molecule has 1 aliphatic carbocycles. The van der Waals surface area contributed by atoms with Gasteiger partial charge in [-0.2, -0.15) is 0 Å². The van der Waals surface area contributed by atoms with Gasteiger partial charge in [0.2, 0.25) is 0 Å². The van der Waals surface area contributed by atoms with Gasteiger partial charge in [-0.25, -0.2) is 4.79 Å². The van der Waals surface area contributed by atoms with Crippen LogP contribution >= 0.6 is 0 Å². The number of ketones is 2. The molecule has 3 aromatic carbocycles. The number of para-hydroxylation sites is 1. The Balaban J connectivity index is 1.50. The predicted molar refractivity (Wildman–Crippen MR) is 116 cm³/mol. The average Bonchev–Trinajstić information content (AvgIpc) is 2.82. The van der Waals surface area contributed by atoms with E-state index >= 15 is 0 Å². The van der Waals surface area contributed by atoms with E-state index in [1.807, 2.05) is 0 Å². The van der Waals surface area contributed by atoms with E-state index in [1.165, 1.54) is 38.3 Å². The summed E-state index contributed by atoms with van der Waals surface area (Å²) in [6, 6.07) is 17.6. The number of rotatable bonds is 5. The Kier molecular flexibility index (Phi) is 5.55. The molecule has 1 amide bonds. The second kappa shape index (κ2) is 8.47. The third-order valence-electron chi connectivity index (χ3n) is 5.17. The molecule has 0 fully saturated rings. The number of carbonyl (C=O) groups excluding carboxylic acids is 4. The van der Waals surface area contributed by atoms with Gasteiger partial charge in [-0.1, -0.05) is 36.4 Å². The lowest BCUT2D eigenvalue weighted by Crippen LogP contribution is -2.30. The molecule has 0 saturated carbocycles. The number of hydrogen-bond donors (Lipinski definition) is 1. The Morgan fingerprint density at radius 3 is 2.09 bits per heavy atom. The first-order chi connectivity index (χ1) is 15.4. The van der Waals surface area contributed by atoms with E-state index in [9.17, 15) is 19.2 Å². The maximum Gasteiger partial charge on any atom is 0.342 e. The van der Waals surface area contributed by atoms with Crippen molar-refractivity contribution in [3.63, 3.8) is 0 Å². The van der Waals surface area contributed by atoms with E-state index in [2.05, 4.69) is 5.32 Å². The summed E-state index contributed by atoms with van der Waals surface area (Å²) >= 11 is 0. The van der Waals surface area contributed by atoms with E-state index in [4.69, 9.17) is 9.47 Å². The molecule has 1 N–H and O–H groups in total. The maximum atomic E-state index is 12.8. The molecule has 32 heavy (non-hydrogen) atoms. The zero-order chi connectivity index (χ0) is 22.8. The smallest absolute Gasteiger partial charge is 0.342 e. The van der Waals surface area contributed by atoms with Crippen molar-refractivity contribution in [1.29, 1.82) is 0 Å². The topological polar surface area (TPSA) is 98.8 Å². The zero-order valence-corrected chi connectivity index (χ0v) is 17.4. The van der Waals surface area contributed by atoms with Crippen LogP contribution in [0.15, 0.2) is 66.7 Å². The van der Waals surface area contributed by atoms with Gasteiger partial charge in [0.25, 0.3) is 5.91 Å². The van der Waals surface area contributed by atoms with Crippen molar-refractivity contribution in [2.75, 3.05) is 12.4 Å². The fourth-order valence-corrected chi connectivity index (χ4v) is 3.51. The Bertz CT molecular complexity index is 1260. The van der Waals surface area contributed by atoms with Crippen molar-refractivity contribution in [3.05, 3.63) is 94.5 Å². The lowest BCUT2D eigenvalue weighted by molar-refractivity contribution is -0.123. The summed E-state index contributed by atoms with van der Waals surface area (Å²) in [5, 5.41) is 2.63. The van der Waals surface area contributed by atoms with Gasteiger partial charge >= 0.3 is 5.97 Å². The lowest BCUT2D eigenvalue weighted by Gasteiger charge is -2.19. The molecule has 0 bridgehead atoms. The normalized spacial score (nSPS) is 12.9. The summed E-state index contributed by atoms with van der Waals surface area (Å²) < 4.78 is 10.4. The fourth-order valence-electron chi connectivity index (χ4n) is 3.51. The second-order valence-corrected chi connectivity index (χ2v) is 7.20. The molecule has 7 heteroatoms. The van der Waals surface area contributed by atoms with Gasteiger partial charge in [-0.3, -0.25) is 14.4 Å². The van der Waals surface area contributed by atoms with Gasteiger partial charge in [-0.15, -0.1) is 0 Å². The minimum atomic E-state index is -1.11. The molecule has 0 aliphatic heterocycles. The number of methoxy groups -OCH3 is 1. The summed E-state index contributed by atoms with van der Waals surface area (Å²) in [6.45, 7) is 1.44. The number of carbonyl (C=O) groups is 4. The summed E-state index contributed by atoms with van der Waals surface area (Å²) in [5.74, 6) is -1.48. The van der Waals surface area contributed by atoms with Crippen LogP contribution in [0.3, 0.4) is 0 Å². The summed E-state index contributed by atoms with van der Waals surface area (Å²) in [5.41, 5.74) is 1.69. The molecule has 0 heterocycles. The summed E-state index contributed by atoms with van der Waals surface area (Å²) in [4.78, 5) is 50.5. The van der Waals surface area contributed by atoms with Crippen LogP contribution in [0.2, 0.25) is 0 Å². The van der Waals surface area contributed by atoms with Crippen molar-refractivity contribution in [2.24, 2.45) is 0 Å². The van der Waals surface area contributed by atoms with Crippen LogP contribution in [0.4, 0.5) is 5.69 Å². The number of nitrogens with one attached hydrogen (secondary N) is 1. The highest BCUT2D eigenvalue weighted by Crippen LogP contribution is 2.29. The number of fused-ring (bicyclic) bond motifs is 2. The molecule has 4 rings (SSSR count). The molecule has 7 nitrogen and oxygen atoms in total. The van der Waals surface area contributed by atoms with Gasteiger partial charge in [0, 0.05) is 27.9 Å². The molecule has 1 unspecified atom stereocenters. The van der Waals surface area contributed by atoms with E-state index in [0.29, 0.717) is 22.6 Å². The van der Waals surface area contributed by atoms with Crippen molar-refractivity contribution in [2.45, 2.75) is 13.0 Å². The predicted octanol–water partition coefficient (Wildman–Crippen LogP) is 3.65. The Hall–Kier alpha value is -4.26. The third kappa shape index (κ3) is 3.76. The van der Waals surface area contributed by atoms with Crippen LogP contribution in [-0.2, 0) is 9.53 Å². The maximum absolute atomic E-state index is 12.8. The molecule has 0 spiro atoms. The van der Waals surface area contributed by atoms with Crippen LogP contribution in [-0.4, -0.2) is 36.7 Å². The van der Waals surface area contributed by atoms with Crippen molar-refractivity contribution in [1.82, 2.24) is 0 Å². The van der Waals surface area contributed by atoms with Gasteiger partial charge in [-0.05, 0) is 37.3 Å². The van der Waals surface area contributed by atoms with E-state index in [-0.39, 0.29) is 28.3 Å². The lowest BCUT2D eigenvalue weighted by atomic mass is 9.84. The number of benzene rings is 3. The minimum absolute atomic E-state index is 0.200. The Morgan fingerprint density at radius 2 is 1.41 bits per heavy atom. The van der Waals surface area contributed by atoms with Crippen LogP contribution in [0.1, 0.15) is 49.1 Å². The van der Waals surface area contributed by atoms with Gasteiger partial charge in [0.15, 0.2) is 17.7 Å². The van der Waals surface area contributed by atoms with Crippen LogP contribution < -0.4 is 10.1 Å². The molecule has 0 saturated heterocycles. The van der Waals surface area contributed by atoms with Crippen molar-refractivity contribution < 1.29 is 28.7 Å². The highest BCUT2D eigenvalue weighted by Gasteiger charge is 2.30. The Labute approximate surface area is 184 Å². The molecule has 0 radical (unpaired) electrons. The molecule has 1 atom stereocenters. The summed E-state index contributed by atoms with van der Waals surface area (Å²) in [7, 11) is 1.43. The third-order valence-corrected chi connectivity index (χ3v) is 5.17. The highest BCUT2D eigenvalue weighted by molar-refractivity contribution is 6.28. The quantitative estimate of drug-likeness (QED) is 0.486. The molecule has 0 aromatic heterocycles. The molecule has 160 valence electrons. The van der Waals surface area contributed by atoms with Crippen LogP contribution in [0.25, 0.3) is 0 Å². The molecular formula is C25H19NO6. The first-order valence-electron chi connectivity index (χ1n) is 9.88. The van der Waals surface area contributed by atoms with Crippen molar-refractivity contribution in [3.8, 4) is 5.75 Å². The Morgan fingerprint density at radius 1 is 0.812 bits per heavy atom. The number of amides is 1. The standard InChI is InChI=1S/C25H19NO6/c1-14(32-25(30)19-9-5-6-10-21(19)31-2)24(29)26-15-11-12-18-20(13-15)23(28)17-8-4-3-7-16(17)22(18)27/h3-14H,1-2H3,(H,26,29). The SMILES string of the molecule is COc1ccccc1C(=O)OC(C)C(=O)Nc1ccc2c(c1)C(=O)c1ccccc1C2=O. The second-order valence-electron chi connectivity index (χ2n) is 7.20. The highest BCUT2D eigenvalue weighted by atomic mass is 16.5. The first kappa shape index (κ1) is 21.0. The first-order valence-corrected chi connectivity index (χ1v) is 9.88. The minimum Gasteiger partial charge on any atom is -0.496 e. The number of ether oxygens (including phenoxy) is 2. The number of anilines is 1. The van der Waals surface area contributed by atoms with E-state index in [1.54, 1.807) is 42.5 Å². The van der Waals surface area contributed by atoms with E-state index < -0.39 is 18.0 Å². The molecule has 1 aliphatic rings. The van der Waals surface area contributed by atoms with Crippen LogP contribution in [0.5, 0.6) is 5.75 Å². The average molecular weight is 429 g/mol. The summed E-state index contributed by atoms with van der Waals surface area (Å²) in [6.07, 6.45) is -1.11. The molecule has 3 aromatic rings. The number of hydrogen-bond acceptors (Lipinski definition) is 6. The van der Waals surface area contributed by atoms with Gasteiger partial charge in [0.05, 0.1) is 7.11 Å². The number of esters is 1. The van der Waals surface area contributed by atoms with E-state index in [0.717, 1.165) is 0 Å². The van der Waals surface area contributed by atoms with Gasteiger partial charge < -0.3 is 14.8 Å². The van der Waals surface area contributed by atoms with Gasteiger partial charge in [0.1, 0.15) is 11.3 Å². The molecular weight excluding hydrogens is 410 g/mol. The zero-order valence-electron chi connectivity index (χ0n) is 17.4.